The van der Waals surface area contributed by atoms with Gasteiger partial charge in [-0.1, -0.05) is 32.9 Å². The van der Waals surface area contributed by atoms with Gasteiger partial charge in [0.15, 0.2) is 0 Å². The number of imidazole rings is 1. The number of hydrogen-bond acceptors (Lipinski definition) is 2. The highest BCUT2D eigenvalue weighted by molar-refractivity contribution is 5.76. The van der Waals surface area contributed by atoms with Crippen LogP contribution in [0.15, 0.2) is 24.3 Å². The molecule has 0 radical (unpaired) electrons. The van der Waals surface area contributed by atoms with Crippen molar-refractivity contribution in [3.05, 3.63) is 30.1 Å². The summed E-state index contributed by atoms with van der Waals surface area (Å²) >= 11 is 0. The molecule has 3 heteroatoms. The van der Waals surface area contributed by atoms with Crippen LogP contribution in [-0.4, -0.2) is 15.1 Å². The molecule has 0 aliphatic heterocycles. The van der Waals surface area contributed by atoms with Crippen LogP contribution in [0.3, 0.4) is 0 Å². The first-order valence-electron chi connectivity index (χ1n) is 6.43. The lowest BCUT2D eigenvalue weighted by molar-refractivity contribution is 0.407. The van der Waals surface area contributed by atoms with Crippen LogP contribution in [-0.2, 0) is 12.0 Å². The molecular formula is C15H23N3. The van der Waals surface area contributed by atoms with Gasteiger partial charge in [-0.25, -0.2) is 4.98 Å². The van der Waals surface area contributed by atoms with E-state index in [4.69, 9.17) is 10.7 Å². The van der Waals surface area contributed by atoms with Gasteiger partial charge in [-0.05, 0) is 26.0 Å². The second-order valence-electron chi connectivity index (χ2n) is 6.75. The van der Waals surface area contributed by atoms with Gasteiger partial charge in [0.25, 0.3) is 0 Å². The highest BCUT2D eigenvalue weighted by Gasteiger charge is 2.25. The van der Waals surface area contributed by atoms with Crippen LogP contribution in [0.2, 0.25) is 0 Å². The van der Waals surface area contributed by atoms with Gasteiger partial charge in [-0.15, -0.1) is 0 Å². The first-order chi connectivity index (χ1) is 8.18. The highest BCUT2D eigenvalue weighted by Crippen LogP contribution is 2.27. The van der Waals surface area contributed by atoms with Gasteiger partial charge in [-0.3, -0.25) is 0 Å². The Morgan fingerprint density at radius 1 is 1.11 bits per heavy atom. The summed E-state index contributed by atoms with van der Waals surface area (Å²) in [5.74, 6) is 1.10. The van der Waals surface area contributed by atoms with Crippen molar-refractivity contribution in [2.45, 2.75) is 52.1 Å². The lowest BCUT2D eigenvalue weighted by atomic mass is 9.95. The Balaban J connectivity index is 2.66. The lowest BCUT2D eigenvalue weighted by Gasteiger charge is -2.25. The molecule has 1 aromatic carbocycles. The number of nitrogens with zero attached hydrogens (tertiary/aromatic N) is 2. The zero-order valence-electron chi connectivity index (χ0n) is 12.0. The topological polar surface area (TPSA) is 43.8 Å². The zero-order valence-corrected chi connectivity index (χ0v) is 12.0. The van der Waals surface area contributed by atoms with Crippen LogP contribution in [0.25, 0.3) is 11.0 Å². The minimum absolute atomic E-state index is 0.0181. The molecule has 0 spiro atoms. The molecule has 2 rings (SSSR count). The molecule has 2 N–H and O–H groups in total. The fraction of sp³-hybridized carbons (Fsp3) is 0.533. The summed E-state index contributed by atoms with van der Waals surface area (Å²) < 4.78 is 2.26. The van der Waals surface area contributed by atoms with E-state index in [2.05, 4.69) is 43.5 Å². The maximum atomic E-state index is 6.18. The molecule has 1 heterocycles. The van der Waals surface area contributed by atoms with E-state index in [0.717, 1.165) is 17.9 Å². The van der Waals surface area contributed by atoms with Crippen molar-refractivity contribution in [1.82, 2.24) is 9.55 Å². The van der Waals surface area contributed by atoms with Crippen molar-refractivity contribution in [2.24, 2.45) is 5.73 Å². The van der Waals surface area contributed by atoms with Gasteiger partial charge in [0.1, 0.15) is 5.82 Å². The average molecular weight is 245 g/mol. The minimum atomic E-state index is -0.247. The van der Waals surface area contributed by atoms with Crippen LogP contribution >= 0.6 is 0 Å². The van der Waals surface area contributed by atoms with E-state index < -0.39 is 0 Å². The summed E-state index contributed by atoms with van der Waals surface area (Å²) in [5.41, 5.74) is 8.17. The van der Waals surface area contributed by atoms with E-state index in [0.29, 0.717) is 0 Å². The van der Waals surface area contributed by atoms with E-state index >= 15 is 0 Å². The number of aromatic nitrogens is 2. The molecule has 0 aliphatic rings. The lowest BCUT2D eigenvalue weighted by Crippen LogP contribution is -2.38. The number of benzene rings is 1. The molecular weight excluding hydrogens is 222 g/mol. The molecule has 2 aromatic rings. The van der Waals surface area contributed by atoms with Crippen molar-refractivity contribution in [3.8, 4) is 0 Å². The average Bonchev–Trinajstić information content (AvgIpc) is 2.55. The van der Waals surface area contributed by atoms with E-state index in [9.17, 15) is 0 Å². The number of para-hydroxylation sites is 2. The number of nitrogens with two attached hydrogens (primary N) is 1. The van der Waals surface area contributed by atoms with E-state index in [1.54, 1.807) is 0 Å². The van der Waals surface area contributed by atoms with E-state index in [1.807, 2.05) is 19.9 Å². The Bertz CT molecular complexity index is 553. The third kappa shape index (κ3) is 2.56. The Hall–Kier alpha value is -1.35. The molecule has 18 heavy (non-hydrogen) atoms. The molecule has 98 valence electrons. The molecule has 3 nitrogen and oxygen atoms in total. The molecule has 0 aliphatic carbocycles. The molecule has 0 atom stereocenters. The molecule has 0 saturated carbocycles. The van der Waals surface area contributed by atoms with Crippen molar-refractivity contribution in [2.75, 3.05) is 0 Å². The standard InChI is InChI=1S/C15H23N3/c1-14(2,3)13-17-11-8-6-7-9-12(11)18(13)10-15(4,5)16/h6-9H,10,16H2,1-5H3. The summed E-state index contributed by atoms with van der Waals surface area (Å²) in [4.78, 5) is 4.78. The quantitative estimate of drug-likeness (QED) is 0.883. The SMILES string of the molecule is CC(C)(N)Cn1c(C(C)(C)C)nc2ccccc21. The second-order valence-corrected chi connectivity index (χ2v) is 6.75. The summed E-state index contributed by atoms with van der Waals surface area (Å²) in [6, 6.07) is 8.25. The summed E-state index contributed by atoms with van der Waals surface area (Å²) in [6.45, 7) is 11.4. The third-order valence-corrected chi connectivity index (χ3v) is 2.89. The van der Waals surface area contributed by atoms with Crippen LogP contribution in [0.1, 0.15) is 40.4 Å². The van der Waals surface area contributed by atoms with Crippen molar-refractivity contribution in [3.63, 3.8) is 0 Å². The van der Waals surface area contributed by atoms with E-state index in [1.165, 1.54) is 5.52 Å². The van der Waals surface area contributed by atoms with Gasteiger partial charge >= 0.3 is 0 Å². The Labute approximate surface area is 109 Å². The molecule has 0 bridgehead atoms. The van der Waals surface area contributed by atoms with Crippen molar-refractivity contribution in [1.29, 1.82) is 0 Å². The van der Waals surface area contributed by atoms with Gasteiger partial charge in [0, 0.05) is 17.5 Å². The van der Waals surface area contributed by atoms with Gasteiger partial charge in [0.05, 0.1) is 11.0 Å². The highest BCUT2D eigenvalue weighted by atomic mass is 15.1. The Morgan fingerprint density at radius 2 is 1.72 bits per heavy atom. The maximum Gasteiger partial charge on any atom is 0.115 e. The van der Waals surface area contributed by atoms with Gasteiger partial charge in [-0.2, -0.15) is 0 Å². The van der Waals surface area contributed by atoms with Gasteiger partial charge in [0.2, 0.25) is 0 Å². The Kier molecular flexibility index (Phi) is 2.98. The Morgan fingerprint density at radius 3 is 2.28 bits per heavy atom. The number of fused-ring (bicyclic) bond motifs is 1. The molecule has 0 unspecified atom stereocenters. The van der Waals surface area contributed by atoms with Crippen molar-refractivity contribution >= 4 is 11.0 Å². The molecule has 0 fully saturated rings. The maximum absolute atomic E-state index is 6.18. The van der Waals surface area contributed by atoms with E-state index in [-0.39, 0.29) is 11.0 Å². The summed E-state index contributed by atoms with van der Waals surface area (Å²) in [5, 5.41) is 0. The largest absolute Gasteiger partial charge is 0.326 e. The third-order valence-electron chi connectivity index (χ3n) is 2.89. The summed E-state index contributed by atoms with van der Waals surface area (Å²) in [6.07, 6.45) is 0. The van der Waals surface area contributed by atoms with Crippen LogP contribution in [0.4, 0.5) is 0 Å². The van der Waals surface area contributed by atoms with Crippen LogP contribution in [0.5, 0.6) is 0 Å². The van der Waals surface area contributed by atoms with Crippen molar-refractivity contribution < 1.29 is 0 Å². The minimum Gasteiger partial charge on any atom is -0.326 e. The molecule has 0 amide bonds. The predicted molar refractivity (Wildman–Crippen MR) is 76.7 cm³/mol. The first kappa shape index (κ1) is 13.1. The molecule has 0 saturated heterocycles. The zero-order chi connectivity index (χ0) is 13.6. The fourth-order valence-corrected chi connectivity index (χ4v) is 2.22. The second kappa shape index (κ2) is 4.09. The van der Waals surface area contributed by atoms with Crippen LogP contribution < -0.4 is 5.73 Å². The predicted octanol–water partition coefficient (Wildman–Crippen LogP) is 3.07. The monoisotopic (exact) mass is 245 g/mol. The smallest absolute Gasteiger partial charge is 0.115 e. The number of rotatable bonds is 2. The summed E-state index contributed by atoms with van der Waals surface area (Å²) in [7, 11) is 0. The van der Waals surface area contributed by atoms with Gasteiger partial charge < -0.3 is 10.3 Å². The number of hydrogen-bond donors (Lipinski definition) is 1. The normalized spacial score (nSPS) is 13.2. The molecule has 1 aromatic heterocycles. The van der Waals surface area contributed by atoms with Crippen LogP contribution in [0, 0.1) is 0 Å². The fourth-order valence-electron chi connectivity index (χ4n) is 2.22. The first-order valence-corrected chi connectivity index (χ1v) is 6.43.